The van der Waals surface area contributed by atoms with E-state index in [1.165, 1.54) is 4.90 Å². The summed E-state index contributed by atoms with van der Waals surface area (Å²) in [5.74, 6) is -0.704. The van der Waals surface area contributed by atoms with Crippen LogP contribution in [-0.4, -0.2) is 56.3 Å². The van der Waals surface area contributed by atoms with Gasteiger partial charge in [-0.3, -0.25) is 9.59 Å². The summed E-state index contributed by atoms with van der Waals surface area (Å²) in [6, 6.07) is 8.36. The van der Waals surface area contributed by atoms with E-state index in [0.717, 1.165) is 0 Å². The number of hydrogen-bond donors (Lipinski definition) is 0. The zero-order chi connectivity index (χ0) is 18.2. The maximum Gasteiger partial charge on any atom is 0.228 e. The highest BCUT2D eigenvalue weighted by molar-refractivity contribution is 7.91. The molecule has 1 aromatic rings. The minimum Gasteiger partial charge on any atom is -0.341 e. The van der Waals surface area contributed by atoms with Crippen molar-refractivity contribution in [2.24, 2.45) is 5.92 Å². The van der Waals surface area contributed by atoms with Gasteiger partial charge in [-0.2, -0.15) is 5.26 Å². The SMILES string of the molecule is CN(C(=O)C1CC(=O)N(c2ccc(C#N)cc2)C1)C1CCS(=O)(=O)C1. The van der Waals surface area contributed by atoms with Gasteiger partial charge in [0.2, 0.25) is 11.8 Å². The minimum atomic E-state index is -3.07. The zero-order valence-electron chi connectivity index (χ0n) is 13.9. The van der Waals surface area contributed by atoms with E-state index in [-0.39, 0.29) is 42.3 Å². The fourth-order valence-corrected chi connectivity index (χ4v) is 5.16. The highest BCUT2D eigenvalue weighted by Crippen LogP contribution is 2.28. The Morgan fingerprint density at radius 3 is 2.56 bits per heavy atom. The number of amides is 2. The summed E-state index contributed by atoms with van der Waals surface area (Å²) in [6.45, 7) is 0.271. The van der Waals surface area contributed by atoms with E-state index in [1.807, 2.05) is 6.07 Å². The number of hydrogen-bond acceptors (Lipinski definition) is 5. The summed E-state index contributed by atoms with van der Waals surface area (Å²) < 4.78 is 23.2. The van der Waals surface area contributed by atoms with Crippen LogP contribution in [0.5, 0.6) is 0 Å². The molecule has 2 fully saturated rings. The van der Waals surface area contributed by atoms with Crippen LogP contribution in [0.25, 0.3) is 0 Å². The van der Waals surface area contributed by atoms with Crippen LogP contribution in [0, 0.1) is 17.2 Å². The van der Waals surface area contributed by atoms with Crippen molar-refractivity contribution >= 4 is 27.3 Å². The molecule has 0 aromatic heterocycles. The summed E-state index contributed by atoms with van der Waals surface area (Å²) >= 11 is 0. The van der Waals surface area contributed by atoms with Gasteiger partial charge in [-0.1, -0.05) is 0 Å². The van der Waals surface area contributed by atoms with E-state index in [9.17, 15) is 18.0 Å². The highest BCUT2D eigenvalue weighted by atomic mass is 32.2. The molecular weight excluding hydrogens is 342 g/mol. The van der Waals surface area contributed by atoms with Crippen molar-refractivity contribution < 1.29 is 18.0 Å². The van der Waals surface area contributed by atoms with Crippen LogP contribution in [0.1, 0.15) is 18.4 Å². The van der Waals surface area contributed by atoms with E-state index >= 15 is 0 Å². The fourth-order valence-electron chi connectivity index (χ4n) is 3.39. The number of rotatable bonds is 3. The number of anilines is 1. The van der Waals surface area contributed by atoms with Crippen LogP contribution in [0.4, 0.5) is 5.69 Å². The van der Waals surface area contributed by atoms with E-state index in [1.54, 1.807) is 36.2 Å². The van der Waals surface area contributed by atoms with Gasteiger partial charge >= 0.3 is 0 Å². The van der Waals surface area contributed by atoms with E-state index < -0.39 is 15.8 Å². The van der Waals surface area contributed by atoms with Crippen LogP contribution in [0.3, 0.4) is 0 Å². The van der Waals surface area contributed by atoms with Crippen LogP contribution >= 0.6 is 0 Å². The van der Waals surface area contributed by atoms with Crippen molar-refractivity contribution in [2.45, 2.75) is 18.9 Å². The summed E-state index contributed by atoms with van der Waals surface area (Å²) in [6.07, 6.45) is 0.563. The topological polar surface area (TPSA) is 98.5 Å². The standard InChI is InChI=1S/C17H19N3O4S/c1-19(15-6-7-25(23,24)11-15)17(22)13-8-16(21)20(10-13)14-4-2-12(9-18)3-5-14/h2-5,13,15H,6-8,10-11H2,1H3. The van der Waals surface area contributed by atoms with Gasteiger partial charge in [-0.05, 0) is 30.7 Å². The van der Waals surface area contributed by atoms with Gasteiger partial charge < -0.3 is 9.80 Å². The monoisotopic (exact) mass is 361 g/mol. The van der Waals surface area contributed by atoms with Crippen LogP contribution in [0.15, 0.2) is 24.3 Å². The molecule has 2 amide bonds. The Morgan fingerprint density at radius 2 is 2.00 bits per heavy atom. The number of nitriles is 1. The van der Waals surface area contributed by atoms with E-state index in [0.29, 0.717) is 17.7 Å². The average Bonchev–Trinajstić information content (AvgIpc) is 3.16. The van der Waals surface area contributed by atoms with Gasteiger partial charge in [0.15, 0.2) is 9.84 Å². The van der Waals surface area contributed by atoms with Crippen molar-refractivity contribution in [3.8, 4) is 6.07 Å². The van der Waals surface area contributed by atoms with Crippen molar-refractivity contribution in [2.75, 3.05) is 30.0 Å². The second-order valence-electron chi connectivity index (χ2n) is 6.57. The summed E-state index contributed by atoms with van der Waals surface area (Å²) in [4.78, 5) is 28.0. The Kier molecular flexibility index (Phi) is 4.52. The lowest BCUT2D eigenvalue weighted by Gasteiger charge is -2.26. The Hall–Kier alpha value is -2.40. The molecule has 0 spiro atoms. The number of benzene rings is 1. The summed E-state index contributed by atoms with van der Waals surface area (Å²) in [7, 11) is -1.45. The molecule has 3 rings (SSSR count). The van der Waals surface area contributed by atoms with Gasteiger partial charge in [0.1, 0.15) is 0 Å². The molecule has 0 saturated carbocycles. The first-order chi connectivity index (χ1) is 11.8. The molecule has 0 bridgehead atoms. The molecule has 2 atom stereocenters. The first kappa shape index (κ1) is 17.4. The van der Waals surface area contributed by atoms with Crippen LogP contribution < -0.4 is 4.90 Å². The zero-order valence-corrected chi connectivity index (χ0v) is 14.7. The molecule has 8 heteroatoms. The number of carbonyl (C=O) groups excluding carboxylic acids is 2. The van der Waals surface area contributed by atoms with Gasteiger partial charge in [-0.15, -0.1) is 0 Å². The maximum absolute atomic E-state index is 12.7. The fraction of sp³-hybridized carbons (Fsp3) is 0.471. The molecule has 2 saturated heterocycles. The highest BCUT2D eigenvalue weighted by Gasteiger charge is 2.40. The van der Waals surface area contributed by atoms with Crippen molar-refractivity contribution in [3.63, 3.8) is 0 Å². The molecule has 2 aliphatic rings. The molecule has 2 heterocycles. The smallest absolute Gasteiger partial charge is 0.228 e. The third kappa shape index (κ3) is 3.51. The van der Waals surface area contributed by atoms with E-state index in [4.69, 9.17) is 5.26 Å². The quantitative estimate of drug-likeness (QED) is 0.783. The Morgan fingerprint density at radius 1 is 1.32 bits per heavy atom. The maximum atomic E-state index is 12.7. The normalized spacial score (nSPS) is 25.0. The summed E-state index contributed by atoms with van der Waals surface area (Å²) in [5, 5.41) is 8.84. The number of sulfone groups is 1. The van der Waals surface area contributed by atoms with Crippen LogP contribution in [-0.2, 0) is 19.4 Å². The van der Waals surface area contributed by atoms with E-state index in [2.05, 4.69) is 0 Å². The molecule has 0 aliphatic carbocycles. The predicted molar refractivity (Wildman–Crippen MR) is 91.4 cm³/mol. The van der Waals surface area contributed by atoms with Crippen molar-refractivity contribution in [1.29, 1.82) is 5.26 Å². The van der Waals surface area contributed by atoms with Gasteiger partial charge in [0.05, 0.1) is 29.1 Å². The molecule has 0 N–H and O–H groups in total. The van der Waals surface area contributed by atoms with Crippen molar-refractivity contribution in [1.82, 2.24) is 4.90 Å². The molecule has 132 valence electrons. The third-order valence-corrected chi connectivity index (χ3v) is 6.64. The second kappa shape index (κ2) is 6.48. The lowest BCUT2D eigenvalue weighted by atomic mass is 10.1. The number of nitrogens with zero attached hydrogens (tertiary/aromatic N) is 3. The molecular formula is C17H19N3O4S. The summed E-state index contributed by atoms with van der Waals surface area (Å²) in [5.41, 5.74) is 1.16. The molecule has 25 heavy (non-hydrogen) atoms. The molecule has 7 nitrogen and oxygen atoms in total. The van der Waals surface area contributed by atoms with Crippen LogP contribution in [0.2, 0.25) is 0 Å². The molecule has 2 unspecified atom stereocenters. The molecule has 0 radical (unpaired) electrons. The first-order valence-electron chi connectivity index (χ1n) is 8.08. The molecule has 1 aromatic carbocycles. The second-order valence-corrected chi connectivity index (χ2v) is 8.80. The van der Waals surface area contributed by atoms with Gasteiger partial charge in [0.25, 0.3) is 0 Å². The lowest BCUT2D eigenvalue weighted by molar-refractivity contribution is -0.136. The first-order valence-corrected chi connectivity index (χ1v) is 9.90. The Balaban J connectivity index is 1.69. The molecule has 2 aliphatic heterocycles. The Bertz CT molecular complexity index is 842. The Labute approximate surface area is 146 Å². The number of carbonyl (C=O) groups is 2. The third-order valence-electron chi connectivity index (χ3n) is 4.89. The van der Waals surface area contributed by atoms with Gasteiger partial charge in [-0.25, -0.2) is 8.42 Å². The average molecular weight is 361 g/mol. The van der Waals surface area contributed by atoms with Gasteiger partial charge in [0, 0.05) is 31.7 Å². The largest absolute Gasteiger partial charge is 0.341 e. The predicted octanol–water partition coefficient (Wildman–Crippen LogP) is 0.557. The lowest BCUT2D eigenvalue weighted by Crippen LogP contribution is -2.42. The van der Waals surface area contributed by atoms with Crippen molar-refractivity contribution in [3.05, 3.63) is 29.8 Å². The minimum absolute atomic E-state index is 0.00472.